The van der Waals surface area contributed by atoms with Crippen LogP contribution in [0.15, 0.2) is 0 Å². The van der Waals surface area contributed by atoms with Crippen LogP contribution in [-0.2, 0) is 0 Å². The maximum absolute atomic E-state index is 9.69. The van der Waals surface area contributed by atoms with E-state index in [-0.39, 0.29) is 12.1 Å². The Morgan fingerprint density at radius 3 is 1.86 bits per heavy atom. The molecule has 0 aliphatic heterocycles. The monoisotopic (exact) mass is 214 g/mol. The van der Waals surface area contributed by atoms with E-state index in [4.69, 9.17) is 11.5 Å². The van der Waals surface area contributed by atoms with Gasteiger partial charge in [-0.05, 0) is 0 Å². The molecule has 0 saturated carbocycles. The van der Waals surface area contributed by atoms with Crippen molar-refractivity contribution in [3.63, 3.8) is 0 Å². The standard InChI is InChI=1S/C11H22O2Si/c1-5-11(10(13)9-12)14(6-2,7-3)8-4/h1,10-13H,6-9H2,2-4H3/t10-,11-/m0/s1. The fourth-order valence-corrected chi connectivity index (χ4v) is 6.31. The smallest absolute Gasteiger partial charge is 0.0882 e. The van der Waals surface area contributed by atoms with Gasteiger partial charge >= 0.3 is 0 Å². The molecule has 0 radical (unpaired) electrons. The average Bonchev–Trinajstić information content (AvgIpc) is 2.25. The number of aliphatic hydroxyl groups excluding tert-OH is 2. The van der Waals surface area contributed by atoms with E-state index >= 15 is 0 Å². The van der Waals surface area contributed by atoms with Gasteiger partial charge in [-0.25, -0.2) is 0 Å². The second kappa shape index (κ2) is 6.23. The number of rotatable bonds is 6. The van der Waals surface area contributed by atoms with Gasteiger partial charge in [0.2, 0.25) is 0 Å². The molecule has 0 unspecified atom stereocenters. The van der Waals surface area contributed by atoms with Crippen molar-refractivity contribution in [2.24, 2.45) is 0 Å². The van der Waals surface area contributed by atoms with Crippen LogP contribution in [0.4, 0.5) is 0 Å². The van der Waals surface area contributed by atoms with Crippen molar-refractivity contribution in [3.05, 3.63) is 0 Å². The zero-order chi connectivity index (χ0) is 11.2. The SMILES string of the molecule is C#C[C@@H]([C@@H](O)CO)[Si](CC)(CC)CC. The molecule has 0 saturated heterocycles. The first-order valence-electron chi connectivity index (χ1n) is 5.36. The minimum Gasteiger partial charge on any atom is -0.394 e. The van der Waals surface area contributed by atoms with Crippen molar-refractivity contribution >= 4 is 8.07 Å². The van der Waals surface area contributed by atoms with Crippen LogP contribution in [-0.4, -0.2) is 31.0 Å². The number of hydrogen-bond donors (Lipinski definition) is 2. The first-order chi connectivity index (χ1) is 6.61. The van der Waals surface area contributed by atoms with E-state index in [1.165, 1.54) is 0 Å². The molecule has 0 aromatic heterocycles. The van der Waals surface area contributed by atoms with Crippen LogP contribution in [0.2, 0.25) is 23.7 Å². The van der Waals surface area contributed by atoms with Gasteiger partial charge in [-0.3, -0.25) is 0 Å². The summed E-state index contributed by atoms with van der Waals surface area (Å²) >= 11 is 0. The van der Waals surface area contributed by atoms with E-state index in [1.807, 2.05) is 0 Å². The fraction of sp³-hybridized carbons (Fsp3) is 0.818. The van der Waals surface area contributed by atoms with Gasteiger partial charge in [0.25, 0.3) is 0 Å². The summed E-state index contributed by atoms with van der Waals surface area (Å²) in [6.07, 6.45) is 4.75. The van der Waals surface area contributed by atoms with E-state index in [2.05, 4.69) is 26.7 Å². The van der Waals surface area contributed by atoms with Crippen molar-refractivity contribution < 1.29 is 10.2 Å². The summed E-state index contributed by atoms with van der Waals surface area (Å²) in [6, 6.07) is 3.23. The summed E-state index contributed by atoms with van der Waals surface area (Å²) in [5.41, 5.74) is -0.104. The second-order valence-corrected chi connectivity index (χ2v) is 9.29. The van der Waals surface area contributed by atoms with Crippen LogP contribution in [0.1, 0.15) is 20.8 Å². The lowest BCUT2D eigenvalue weighted by Gasteiger charge is -2.36. The molecule has 14 heavy (non-hydrogen) atoms. The Morgan fingerprint density at radius 2 is 1.64 bits per heavy atom. The fourth-order valence-electron chi connectivity index (χ4n) is 2.21. The molecular formula is C11H22O2Si. The predicted octanol–water partition coefficient (Wildman–Crippen LogP) is 1.85. The summed E-state index contributed by atoms with van der Waals surface area (Å²) in [5, 5.41) is 18.7. The van der Waals surface area contributed by atoms with Gasteiger partial charge in [0.15, 0.2) is 0 Å². The van der Waals surface area contributed by atoms with Crippen LogP contribution in [0.5, 0.6) is 0 Å². The third kappa shape index (κ3) is 2.60. The topological polar surface area (TPSA) is 40.5 Å². The van der Waals surface area contributed by atoms with E-state index in [1.54, 1.807) is 0 Å². The third-order valence-electron chi connectivity index (χ3n) is 3.52. The van der Waals surface area contributed by atoms with Crippen molar-refractivity contribution in [1.29, 1.82) is 0 Å². The normalized spacial score (nSPS) is 16.0. The first kappa shape index (κ1) is 13.7. The summed E-state index contributed by atoms with van der Waals surface area (Å²) in [6.45, 7) is 6.22. The molecule has 0 aliphatic rings. The molecule has 2 N–H and O–H groups in total. The number of aliphatic hydroxyl groups is 2. The average molecular weight is 214 g/mol. The van der Waals surface area contributed by atoms with Gasteiger partial charge in [-0.1, -0.05) is 38.9 Å². The van der Waals surface area contributed by atoms with Crippen molar-refractivity contribution in [1.82, 2.24) is 0 Å². The molecule has 3 heteroatoms. The minimum absolute atomic E-state index is 0.104. The summed E-state index contributed by atoms with van der Waals surface area (Å²) in [4.78, 5) is 0. The highest BCUT2D eigenvalue weighted by Gasteiger charge is 2.39. The highest BCUT2D eigenvalue weighted by atomic mass is 28.3. The Bertz CT molecular complexity index is 186. The van der Waals surface area contributed by atoms with E-state index in [9.17, 15) is 5.11 Å². The van der Waals surface area contributed by atoms with Gasteiger partial charge in [-0.15, -0.1) is 12.3 Å². The van der Waals surface area contributed by atoms with Crippen LogP contribution in [0.25, 0.3) is 0 Å². The minimum atomic E-state index is -1.58. The van der Waals surface area contributed by atoms with Crippen LogP contribution < -0.4 is 0 Å². The van der Waals surface area contributed by atoms with E-state index < -0.39 is 14.2 Å². The second-order valence-electron chi connectivity index (χ2n) is 3.82. The third-order valence-corrected chi connectivity index (χ3v) is 9.62. The summed E-state index contributed by atoms with van der Waals surface area (Å²) in [5.74, 6) is 2.70. The molecule has 0 heterocycles. The number of terminal acetylenes is 1. The van der Waals surface area contributed by atoms with Gasteiger partial charge in [-0.2, -0.15) is 0 Å². The molecule has 0 bridgehead atoms. The Morgan fingerprint density at radius 1 is 1.21 bits per heavy atom. The molecule has 2 nitrogen and oxygen atoms in total. The highest BCUT2D eigenvalue weighted by molar-refractivity contribution is 6.81. The van der Waals surface area contributed by atoms with Gasteiger partial charge in [0, 0.05) is 5.54 Å². The molecule has 82 valence electrons. The van der Waals surface area contributed by atoms with Crippen LogP contribution in [0.3, 0.4) is 0 Å². The molecule has 0 aliphatic carbocycles. The molecule has 0 spiro atoms. The quantitative estimate of drug-likeness (QED) is 0.523. The zero-order valence-electron chi connectivity index (χ0n) is 9.45. The largest absolute Gasteiger partial charge is 0.394 e. The summed E-state index contributed by atoms with van der Waals surface area (Å²) in [7, 11) is -1.58. The lowest BCUT2D eigenvalue weighted by molar-refractivity contribution is 0.0973. The van der Waals surface area contributed by atoms with Crippen LogP contribution >= 0.6 is 0 Å². The Labute approximate surface area is 88.4 Å². The van der Waals surface area contributed by atoms with Gasteiger partial charge in [0.05, 0.1) is 20.8 Å². The van der Waals surface area contributed by atoms with Gasteiger partial charge < -0.3 is 10.2 Å². The lowest BCUT2D eigenvalue weighted by atomic mass is 10.3. The zero-order valence-corrected chi connectivity index (χ0v) is 10.5. The molecule has 2 atom stereocenters. The van der Waals surface area contributed by atoms with E-state index in [0.29, 0.717) is 0 Å². The maximum atomic E-state index is 9.69. The molecular weight excluding hydrogens is 192 g/mol. The molecule has 0 aromatic rings. The Kier molecular flexibility index (Phi) is 6.10. The molecule has 0 aromatic carbocycles. The molecule has 0 rings (SSSR count). The molecule has 0 amide bonds. The molecule has 0 fully saturated rings. The van der Waals surface area contributed by atoms with Crippen molar-refractivity contribution in [2.45, 2.75) is 50.5 Å². The Balaban J connectivity index is 4.86. The van der Waals surface area contributed by atoms with Crippen molar-refractivity contribution in [3.8, 4) is 12.3 Å². The predicted molar refractivity (Wildman–Crippen MR) is 62.9 cm³/mol. The van der Waals surface area contributed by atoms with Gasteiger partial charge in [0.1, 0.15) is 0 Å². The summed E-state index contributed by atoms with van der Waals surface area (Å²) < 4.78 is 0. The maximum Gasteiger partial charge on any atom is 0.0882 e. The first-order valence-corrected chi connectivity index (χ1v) is 8.06. The highest BCUT2D eigenvalue weighted by Crippen LogP contribution is 2.35. The number of hydrogen-bond acceptors (Lipinski definition) is 2. The Hall–Kier alpha value is -0.303. The van der Waals surface area contributed by atoms with Crippen molar-refractivity contribution in [2.75, 3.05) is 6.61 Å². The van der Waals surface area contributed by atoms with E-state index in [0.717, 1.165) is 18.1 Å². The van der Waals surface area contributed by atoms with Crippen LogP contribution in [0, 0.1) is 12.3 Å². The lowest BCUT2D eigenvalue weighted by Crippen LogP contribution is -2.43.